The monoisotopic (exact) mass is 324 g/mol. The third-order valence-corrected chi connectivity index (χ3v) is 3.94. The Morgan fingerprint density at radius 1 is 1.17 bits per heavy atom. The molecule has 0 spiro atoms. The summed E-state index contributed by atoms with van der Waals surface area (Å²) >= 11 is 0. The second-order valence-electron chi connectivity index (χ2n) is 5.83. The Balaban J connectivity index is 1.59. The summed E-state index contributed by atoms with van der Waals surface area (Å²) < 4.78 is 0. The van der Waals surface area contributed by atoms with Gasteiger partial charge in [-0.25, -0.2) is 0 Å². The van der Waals surface area contributed by atoms with E-state index in [1.165, 1.54) is 12.5 Å². The van der Waals surface area contributed by atoms with E-state index < -0.39 is 12.0 Å². The molecule has 0 bridgehead atoms. The fourth-order valence-electron chi connectivity index (χ4n) is 2.56. The zero-order chi connectivity index (χ0) is 16.9. The predicted molar refractivity (Wildman–Crippen MR) is 92.6 cm³/mol. The van der Waals surface area contributed by atoms with Crippen LogP contribution in [0.15, 0.2) is 59.8 Å². The number of aliphatic hydroxyl groups excluding tert-OH is 1. The zero-order valence-corrected chi connectivity index (χ0v) is 13.5. The van der Waals surface area contributed by atoms with E-state index in [0.29, 0.717) is 13.0 Å². The van der Waals surface area contributed by atoms with Gasteiger partial charge in [0.15, 0.2) is 0 Å². The molecule has 2 atom stereocenters. The van der Waals surface area contributed by atoms with Crippen molar-refractivity contribution in [3.05, 3.63) is 60.2 Å². The fourth-order valence-corrected chi connectivity index (χ4v) is 2.56. The Kier molecular flexibility index (Phi) is 4.91. The van der Waals surface area contributed by atoms with E-state index >= 15 is 0 Å². The van der Waals surface area contributed by atoms with Crippen LogP contribution in [0, 0.1) is 0 Å². The van der Waals surface area contributed by atoms with Crippen LogP contribution in [0.3, 0.4) is 0 Å². The molecule has 0 aliphatic carbocycles. The molecule has 5 nitrogen and oxygen atoms in total. The van der Waals surface area contributed by atoms with Gasteiger partial charge in [-0.15, -0.1) is 0 Å². The van der Waals surface area contributed by atoms with Crippen molar-refractivity contribution in [2.45, 2.75) is 25.6 Å². The Bertz CT molecular complexity index is 724. The molecule has 1 aliphatic heterocycles. The molecule has 1 heterocycles. The smallest absolute Gasteiger partial charge is 0.248 e. The van der Waals surface area contributed by atoms with Gasteiger partial charge in [-0.3, -0.25) is 4.79 Å². The molecule has 2 N–H and O–H groups in total. The number of hydrogen-bond acceptors (Lipinski definition) is 4. The van der Waals surface area contributed by atoms with Gasteiger partial charge in [-0.1, -0.05) is 59.8 Å². The number of carbonyl (C=O) groups is 1. The van der Waals surface area contributed by atoms with Gasteiger partial charge in [-0.05, 0) is 23.6 Å². The normalized spacial score (nSPS) is 17.8. The number of hydrogen-bond donors (Lipinski definition) is 2. The molecule has 2 aromatic carbocycles. The van der Waals surface area contributed by atoms with Crippen LogP contribution in [-0.2, 0) is 9.63 Å². The number of aliphatic hydroxyl groups is 1. The number of oxime groups is 1. The molecule has 2 aromatic rings. The maximum atomic E-state index is 11.4. The van der Waals surface area contributed by atoms with Gasteiger partial charge in [0, 0.05) is 6.42 Å². The lowest BCUT2D eigenvalue weighted by Crippen LogP contribution is -2.37. The highest BCUT2D eigenvalue weighted by molar-refractivity contribution is 6.01. The van der Waals surface area contributed by atoms with Gasteiger partial charge >= 0.3 is 0 Å². The van der Waals surface area contributed by atoms with Crippen LogP contribution in [0.1, 0.15) is 18.9 Å². The Morgan fingerprint density at radius 3 is 2.46 bits per heavy atom. The first-order valence-corrected chi connectivity index (χ1v) is 7.98. The highest BCUT2D eigenvalue weighted by Crippen LogP contribution is 2.22. The first kappa shape index (κ1) is 16.2. The SMILES string of the molecule is C[C@H](O)C(=O)NC[C@@H]1CC(c2ccc(-c3ccccc3)cc2)=NO1. The van der Waals surface area contributed by atoms with E-state index in [2.05, 4.69) is 34.7 Å². The second kappa shape index (κ2) is 7.27. The summed E-state index contributed by atoms with van der Waals surface area (Å²) in [6, 6.07) is 18.4. The van der Waals surface area contributed by atoms with Gasteiger partial charge in [0.25, 0.3) is 0 Å². The number of rotatable bonds is 5. The van der Waals surface area contributed by atoms with E-state index in [1.54, 1.807) is 0 Å². The van der Waals surface area contributed by atoms with Crippen LogP contribution in [0.25, 0.3) is 11.1 Å². The second-order valence-corrected chi connectivity index (χ2v) is 5.83. The Morgan fingerprint density at radius 2 is 1.79 bits per heavy atom. The highest BCUT2D eigenvalue weighted by Gasteiger charge is 2.23. The average Bonchev–Trinajstić information content (AvgIpc) is 3.09. The van der Waals surface area contributed by atoms with Crippen molar-refractivity contribution in [2.75, 3.05) is 6.54 Å². The minimum absolute atomic E-state index is 0.198. The van der Waals surface area contributed by atoms with E-state index in [4.69, 9.17) is 9.94 Å². The molecule has 0 saturated carbocycles. The third kappa shape index (κ3) is 3.81. The molecule has 1 amide bonds. The third-order valence-electron chi connectivity index (χ3n) is 3.94. The molecule has 0 unspecified atom stereocenters. The maximum Gasteiger partial charge on any atom is 0.248 e. The highest BCUT2D eigenvalue weighted by atomic mass is 16.6. The molecule has 0 saturated heterocycles. The number of nitrogens with one attached hydrogen (secondary N) is 1. The van der Waals surface area contributed by atoms with Gasteiger partial charge in [0.1, 0.15) is 12.2 Å². The molecule has 0 radical (unpaired) electrons. The van der Waals surface area contributed by atoms with Gasteiger partial charge in [0.05, 0.1) is 12.3 Å². The van der Waals surface area contributed by atoms with Crippen molar-refractivity contribution < 1.29 is 14.7 Å². The van der Waals surface area contributed by atoms with Gasteiger partial charge in [0.2, 0.25) is 5.91 Å². The molecule has 124 valence electrons. The molecule has 1 aliphatic rings. The largest absolute Gasteiger partial charge is 0.390 e. The first-order valence-electron chi connectivity index (χ1n) is 7.98. The van der Waals surface area contributed by atoms with Crippen LogP contribution in [0.4, 0.5) is 0 Å². The van der Waals surface area contributed by atoms with Crippen LogP contribution in [-0.4, -0.2) is 35.5 Å². The minimum Gasteiger partial charge on any atom is -0.390 e. The van der Waals surface area contributed by atoms with E-state index in [1.807, 2.05) is 30.3 Å². The topological polar surface area (TPSA) is 70.9 Å². The van der Waals surface area contributed by atoms with Crippen molar-refractivity contribution in [3.63, 3.8) is 0 Å². The lowest BCUT2D eigenvalue weighted by Gasteiger charge is -2.11. The summed E-state index contributed by atoms with van der Waals surface area (Å²) in [4.78, 5) is 16.7. The minimum atomic E-state index is -1.02. The van der Waals surface area contributed by atoms with Gasteiger partial charge < -0.3 is 15.3 Å². The van der Waals surface area contributed by atoms with E-state index in [9.17, 15) is 4.79 Å². The molecular weight excluding hydrogens is 304 g/mol. The van der Waals surface area contributed by atoms with Crippen LogP contribution >= 0.6 is 0 Å². The van der Waals surface area contributed by atoms with Crippen molar-refractivity contribution in [3.8, 4) is 11.1 Å². The number of benzene rings is 2. The lowest BCUT2D eigenvalue weighted by atomic mass is 10.00. The summed E-state index contributed by atoms with van der Waals surface area (Å²) in [6.45, 7) is 1.76. The molecule has 0 aromatic heterocycles. The summed E-state index contributed by atoms with van der Waals surface area (Å²) in [5, 5.41) is 15.9. The number of carbonyl (C=O) groups excluding carboxylic acids is 1. The summed E-state index contributed by atoms with van der Waals surface area (Å²) in [5.74, 6) is -0.403. The summed E-state index contributed by atoms with van der Waals surface area (Å²) in [6.07, 6.45) is -0.584. The van der Waals surface area contributed by atoms with Crippen LogP contribution < -0.4 is 5.32 Å². The summed E-state index contributed by atoms with van der Waals surface area (Å²) in [5.41, 5.74) is 4.21. The van der Waals surface area contributed by atoms with Crippen molar-refractivity contribution in [1.82, 2.24) is 5.32 Å². The Labute approximate surface area is 141 Å². The van der Waals surface area contributed by atoms with Crippen molar-refractivity contribution >= 4 is 11.6 Å². The summed E-state index contributed by atoms with van der Waals surface area (Å²) in [7, 11) is 0. The quantitative estimate of drug-likeness (QED) is 0.887. The van der Waals surface area contributed by atoms with Crippen LogP contribution in [0.5, 0.6) is 0 Å². The zero-order valence-electron chi connectivity index (χ0n) is 13.5. The maximum absolute atomic E-state index is 11.4. The van der Waals surface area contributed by atoms with Crippen molar-refractivity contribution in [1.29, 1.82) is 0 Å². The molecule has 5 heteroatoms. The lowest BCUT2D eigenvalue weighted by molar-refractivity contribution is -0.129. The molecular formula is C19H20N2O3. The number of nitrogens with zero attached hydrogens (tertiary/aromatic N) is 1. The Hall–Kier alpha value is -2.66. The fraction of sp³-hybridized carbons (Fsp3) is 0.263. The number of amides is 1. The van der Waals surface area contributed by atoms with E-state index in [0.717, 1.165) is 16.8 Å². The predicted octanol–water partition coefficient (Wildman–Crippen LogP) is 2.34. The van der Waals surface area contributed by atoms with Gasteiger partial charge in [-0.2, -0.15) is 0 Å². The first-order chi connectivity index (χ1) is 11.6. The molecule has 3 rings (SSSR count). The molecule has 24 heavy (non-hydrogen) atoms. The average molecular weight is 324 g/mol. The van der Waals surface area contributed by atoms with E-state index in [-0.39, 0.29) is 6.10 Å². The van der Waals surface area contributed by atoms with Crippen LogP contribution in [0.2, 0.25) is 0 Å². The standard InChI is InChI=1S/C19H20N2O3/c1-13(22)19(23)20-12-17-11-18(21-24-17)16-9-7-15(8-10-16)14-5-3-2-4-6-14/h2-10,13,17,22H,11-12H2,1H3,(H,20,23)/t13-,17-/m0/s1. The molecule has 0 fully saturated rings. The van der Waals surface area contributed by atoms with Crippen molar-refractivity contribution in [2.24, 2.45) is 5.16 Å².